The fourth-order valence-corrected chi connectivity index (χ4v) is 3.31. The molecule has 5 nitrogen and oxygen atoms in total. The summed E-state index contributed by atoms with van der Waals surface area (Å²) in [5.74, 6) is 1.75. The Morgan fingerprint density at radius 2 is 2.00 bits per heavy atom. The highest BCUT2D eigenvalue weighted by Gasteiger charge is 2.18. The second-order valence-electron chi connectivity index (χ2n) is 8.04. The van der Waals surface area contributed by atoms with E-state index in [2.05, 4.69) is 31.4 Å². The molecule has 0 fully saturated rings. The topological polar surface area (TPSA) is 63.5 Å². The molecule has 1 heterocycles. The maximum atomic E-state index is 11.9. The Hall–Kier alpha value is -2.01. The first kappa shape index (κ1) is 18.8. The number of carbonyl (C=O) groups is 1. The quantitative estimate of drug-likeness (QED) is 0.743. The van der Waals surface area contributed by atoms with E-state index in [0.717, 1.165) is 48.3 Å². The van der Waals surface area contributed by atoms with Crippen molar-refractivity contribution in [2.24, 2.45) is 0 Å². The molecule has 0 unspecified atom stereocenters. The minimum absolute atomic E-state index is 0.0399. The zero-order valence-electron chi connectivity index (χ0n) is 16.1. The molecule has 3 rings (SSSR count). The van der Waals surface area contributed by atoms with E-state index >= 15 is 0 Å². The minimum atomic E-state index is -0.0879. The second kappa shape index (κ2) is 8.12. The molecular weight excluding hydrogens is 328 g/mol. The number of ether oxygens (including phenoxy) is 1. The first-order valence-electron chi connectivity index (χ1n) is 9.61. The van der Waals surface area contributed by atoms with E-state index in [1.165, 1.54) is 18.4 Å². The number of aryl methyl sites for hydroxylation is 2. The van der Waals surface area contributed by atoms with Gasteiger partial charge in [-0.1, -0.05) is 0 Å². The number of hydrogen-bond acceptors (Lipinski definition) is 4. The van der Waals surface area contributed by atoms with Crippen molar-refractivity contribution >= 4 is 16.9 Å². The van der Waals surface area contributed by atoms with E-state index in [1.807, 2.05) is 18.2 Å². The lowest BCUT2D eigenvalue weighted by molar-refractivity contribution is -0.123. The van der Waals surface area contributed by atoms with Crippen LogP contribution < -0.4 is 15.4 Å². The summed E-state index contributed by atoms with van der Waals surface area (Å²) in [6.45, 7) is 7.97. The van der Waals surface area contributed by atoms with Crippen molar-refractivity contribution in [3.05, 3.63) is 29.5 Å². The van der Waals surface area contributed by atoms with Gasteiger partial charge in [0.2, 0.25) is 0 Å². The highest BCUT2D eigenvalue weighted by atomic mass is 16.5. The number of fused-ring (bicyclic) bond motifs is 3. The predicted octanol–water partition coefficient (Wildman–Crippen LogP) is 3.58. The van der Waals surface area contributed by atoms with Crippen LogP contribution >= 0.6 is 0 Å². The first-order chi connectivity index (χ1) is 12.4. The van der Waals surface area contributed by atoms with Gasteiger partial charge in [0.05, 0.1) is 0 Å². The maximum absolute atomic E-state index is 11.9. The summed E-state index contributed by atoms with van der Waals surface area (Å²) in [6.07, 6.45) is 5.39. The SMILES string of the molecule is CC(C)(C)NCCCNC(=O)COc1ccc2oc3c(c2c1)CCCC3. The molecule has 1 aliphatic carbocycles. The largest absolute Gasteiger partial charge is 0.484 e. The third kappa shape index (κ3) is 5.01. The summed E-state index contributed by atoms with van der Waals surface area (Å²) < 4.78 is 11.6. The van der Waals surface area contributed by atoms with Crippen molar-refractivity contribution in [2.75, 3.05) is 19.7 Å². The van der Waals surface area contributed by atoms with Crippen LogP contribution in [0.1, 0.15) is 51.4 Å². The molecule has 0 radical (unpaired) electrons. The Morgan fingerprint density at radius 3 is 2.81 bits per heavy atom. The highest BCUT2D eigenvalue weighted by molar-refractivity contribution is 5.84. The van der Waals surface area contributed by atoms with Crippen molar-refractivity contribution in [2.45, 2.75) is 58.4 Å². The molecule has 5 heteroatoms. The fourth-order valence-electron chi connectivity index (χ4n) is 3.31. The van der Waals surface area contributed by atoms with Gasteiger partial charge in [0.25, 0.3) is 5.91 Å². The molecular formula is C21H30N2O3. The molecule has 0 saturated carbocycles. The second-order valence-corrected chi connectivity index (χ2v) is 8.04. The molecule has 1 amide bonds. The molecule has 1 aromatic heterocycles. The van der Waals surface area contributed by atoms with E-state index in [1.54, 1.807) is 0 Å². The van der Waals surface area contributed by atoms with E-state index in [0.29, 0.717) is 6.54 Å². The molecule has 1 aliphatic rings. The van der Waals surface area contributed by atoms with Crippen molar-refractivity contribution in [3.63, 3.8) is 0 Å². The number of hydrogen-bond donors (Lipinski definition) is 2. The molecule has 26 heavy (non-hydrogen) atoms. The molecule has 142 valence electrons. The van der Waals surface area contributed by atoms with Gasteiger partial charge in [0.1, 0.15) is 17.1 Å². The Balaban J connectivity index is 1.46. The highest BCUT2D eigenvalue weighted by Crippen LogP contribution is 2.33. The van der Waals surface area contributed by atoms with Crippen molar-refractivity contribution in [1.82, 2.24) is 10.6 Å². The van der Waals surface area contributed by atoms with Gasteiger partial charge >= 0.3 is 0 Å². The number of furan rings is 1. The van der Waals surface area contributed by atoms with Crippen LogP contribution in [0.25, 0.3) is 11.0 Å². The molecule has 0 saturated heterocycles. The van der Waals surface area contributed by atoms with E-state index < -0.39 is 0 Å². The standard InChI is InChI=1S/C21H30N2O3/c1-21(2,3)23-12-6-11-22-20(24)14-25-15-9-10-19-17(13-15)16-7-4-5-8-18(16)26-19/h9-10,13,23H,4-8,11-12,14H2,1-3H3,(H,22,24). The molecule has 2 aromatic rings. The number of nitrogens with one attached hydrogen (secondary N) is 2. The lowest BCUT2D eigenvalue weighted by Crippen LogP contribution is -2.38. The van der Waals surface area contributed by atoms with Crippen LogP contribution in [0.3, 0.4) is 0 Å². The Labute approximate surface area is 155 Å². The Bertz CT molecular complexity index is 758. The van der Waals surface area contributed by atoms with E-state index in [4.69, 9.17) is 9.15 Å². The number of amides is 1. The Morgan fingerprint density at radius 1 is 1.19 bits per heavy atom. The van der Waals surface area contributed by atoms with Crippen LogP contribution in [-0.2, 0) is 17.6 Å². The normalized spacial score (nSPS) is 14.3. The van der Waals surface area contributed by atoms with Crippen molar-refractivity contribution in [3.8, 4) is 5.75 Å². The summed E-state index contributed by atoms with van der Waals surface area (Å²) in [7, 11) is 0. The van der Waals surface area contributed by atoms with Crippen molar-refractivity contribution in [1.29, 1.82) is 0 Å². The zero-order valence-corrected chi connectivity index (χ0v) is 16.1. The summed E-state index contributed by atoms with van der Waals surface area (Å²) in [4.78, 5) is 11.9. The summed E-state index contributed by atoms with van der Waals surface area (Å²) in [5, 5.41) is 7.43. The van der Waals surface area contributed by atoms with Crippen LogP contribution in [0.5, 0.6) is 5.75 Å². The van der Waals surface area contributed by atoms with Crippen LogP contribution in [0, 0.1) is 0 Å². The van der Waals surface area contributed by atoms with Gasteiger partial charge in [-0.3, -0.25) is 4.79 Å². The number of carbonyl (C=O) groups excluding carboxylic acids is 1. The zero-order chi connectivity index (χ0) is 18.6. The third-order valence-electron chi connectivity index (χ3n) is 4.63. The fraction of sp³-hybridized carbons (Fsp3) is 0.571. The van der Waals surface area contributed by atoms with Gasteiger partial charge in [-0.25, -0.2) is 0 Å². The lowest BCUT2D eigenvalue weighted by Gasteiger charge is -2.20. The molecule has 0 atom stereocenters. The molecule has 0 aliphatic heterocycles. The molecule has 1 aromatic carbocycles. The van der Waals surface area contributed by atoms with Crippen LogP contribution in [0.4, 0.5) is 0 Å². The summed E-state index contributed by atoms with van der Waals surface area (Å²) >= 11 is 0. The van der Waals surface area contributed by atoms with E-state index in [9.17, 15) is 4.79 Å². The Kier molecular flexibility index (Phi) is 5.87. The van der Waals surface area contributed by atoms with Gasteiger partial charge < -0.3 is 19.8 Å². The minimum Gasteiger partial charge on any atom is -0.484 e. The molecule has 2 N–H and O–H groups in total. The van der Waals surface area contributed by atoms with Gasteiger partial charge in [-0.2, -0.15) is 0 Å². The average Bonchev–Trinajstić information content (AvgIpc) is 2.96. The van der Waals surface area contributed by atoms with Gasteiger partial charge in [0, 0.05) is 29.5 Å². The summed E-state index contributed by atoms with van der Waals surface area (Å²) in [6, 6.07) is 5.82. The number of benzene rings is 1. The molecule has 0 spiro atoms. The lowest BCUT2D eigenvalue weighted by atomic mass is 9.96. The van der Waals surface area contributed by atoms with Crippen LogP contribution in [0.2, 0.25) is 0 Å². The first-order valence-corrected chi connectivity index (χ1v) is 9.61. The van der Waals surface area contributed by atoms with Crippen molar-refractivity contribution < 1.29 is 13.9 Å². The predicted molar refractivity (Wildman–Crippen MR) is 104 cm³/mol. The van der Waals surface area contributed by atoms with Gasteiger partial charge in [-0.05, 0) is 71.2 Å². The monoisotopic (exact) mass is 358 g/mol. The van der Waals surface area contributed by atoms with Crippen LogP contribution in [-0.4, -0.2) is 31.1 Å². The van der Waals surface area contributed by atoms with Gasteiger partial charge in [0.15, 0.2) is 6.61 Å². The summed E-state index contributed by atoms with van der Waals surface area (Å²) in [5.41, 5.74) is 2.34. The maximum Gasteiger partial charge on any atom is 0.257 e. The average molecular weight is 358 g/mol. The van der Waals surface area contributed by atoms with E-state index in [-0.39, 0.29) is 18.1 Å². The molecule has 0 bridgehead atoms. The number of rotatable bonds is 7. The van der Waals surface area contributed by atoms with Crippen LogP contribution in [0.15, 0.2) is 22.6 Å². The third-order valence-corrected chi connectivity index (χ3v) is 4.63. The van der Waals surface area contributed by atoms with Gasteiger partial charge in [-0.15, -0.1) is 0 Å². The smallest absolute Gasteiger partial charge is 0.257 e.